The maximum atomic E-state index is 14.6. The van der Waals surface area contributed by atoms with Crippen molar-refractivity contribution in [2.24, 2.45) is 0 Å². The zero-order valence-electron chi connectivity index (χ0n) is 15.1. The molecule has 0 unspecified atom stereocenters. The van der Waals surface area contributed by atoms with Gasteiger partial charge in [0.25, 0.3) is 0 Å². The van der Waals surface area contributed by atoms with E-state index in [4.69, 9.17) is 0 Å². The van der Waals surface area contributed by atoms with Gasteiger partial charge in [0.1, 0.15) is 11.5 Å². The molecule has 0 amide bonds. The normalized spacial score (nSPS) is 17.2. The molecule has 0 saturated carbocycles. The van der Waals surface area contributed by atoms with Gasteiger partial charge in [0.2, 0.25) is 0 Å². The molecule has 2 N–H and O–H groups in total. The van der Waals surface area contributed by atoms with Gasteiger partial charge in [-0.3, -0.25) is 9.11 Å². The largest absolute Gasteiger partial charge is 0.306 e. The van der Waals surface area contributed by atoms with Gasteiger partial charge >= 0.3 is 0 Å². The van der Waals surface area contributed by atoms with Crippen LogP contribution < -0.4 is 8.61 Å². The first-order valence-electron chi connectivity index (χ1n) is 8.33. The van der Waals surface area contributed by atoms with Crippen molar-refractivity contribution in [2.45, 2.75) is 6.92 Å². The second-order valence-corrected chi connectivity index (χ2v) is 8.31. The van der Waals surface area contributed by atoms with Crippen LogP contribution in [0.25, 0.3) is 0 Å². The van der Waals surface area contributed by atoms with E-state index in [1.165, 1.54) is 14.7 Å². The molecule has 0 fully saturated rings. The minimum atomic E-state index is -3.41. The van der Waals surface area contributed by atoms with Crippen molar-refractivity contribution in [1.29, 1.82) is 0 Å². The van der Waals surface area contributed by atoms with E-state index in [1.54, 1.807) is 31.2 Å². The third-order valence-electron chi connectivity index (χ3n) is 4.14. The molecule has 2 aromatic carbocycles. The molecule has 2 aromatic rings. The molecule has 26 heavy (non-hydrogen) atoms. The summed E-state index contributed by atoms with van der Waals surface area (Å²) in [5.74, 6) is -0.482. The van der Waals surface area contributed by atoms with Crippen molar-refractivity contribution in [2.75, 3.05) is 35.8 Å². The molecule has 0 bridgehead atoms. The Balaban J connectivity index is 2.00. The van der Waals surface area contributed by atoms with Gasteiger partial charge in [0.05, 0.1) is 17.9 Å². The lowest BCUT2D eigenvalue weighted by molar-refractivity contribution is 0.456. The molecule has 0 atom stereocenters. The summed E-state index contributed by atoms with van der Waals surface area (Å²) in [5.41, 5.74) is 2.18. The average Bonchev–Trinajstić information content (AvgIpc) is 2.79. The number of halogens is 1. The molecule has 0 aromatic heterocycles. The highest BCUT2D eigenvalue weighted by Gasteiger charge is 2.41. The van der Waals surface area contributed by atoms with Gasteiger partial charge < -0.3 is 4.90 Å². The second kappa shape index (κ2) is 7.28. The molecule has 5 nitrogen and oxygen atoms in total. The number of rotatable bonds is 5. The van der Waals surface area contributed by atoms with Crippen LogP contribution in [0.2, 0.25) is 0 Å². The molecular formula is C19H24FN3O2S. The van der Waals surface area contributed by atoms with Crippen molar-refractivity contribution >= 4 is 28.0 Å². The van der Waals surface area contributed by atoms with Crippen LogP contribution in [-0.4, -0.2) is 41.2 Å². The first-order chi connectivity index (χ1) is 12.3. The smallest absolute Gasteiger partial charge is 0.148 e. The predicted molar refractivity (Wildman–Crippen MR) is 108 cm³/mol. The molecule has 0 aliphatic carbocycles. The molecular weight excluding hydrogens is 353 g/mol. The van der Waals surface area contributed by atoms with Crippen molar-refractivity contribution in [3.8, 4) is 0 Å². The summed E-state index contributed by atoms with van der Waals surface area (Å²) in [6, 6.07) is 12.0. The van der Waals surface area contributed by atoms with Crippen LogP contribution in [0.1, 0.15) is 5.56 Å². The number of hydrogen-bond acceptors (Lipinski definition) is 5. The zero-order chi connectivity index (χ0) is 18.9. The molecule has 0 radical (unpaired) electrons. The van der Waals surface area contributed by atoms with E-state index < -0.39 is 16.8 Å². The Hall–Kier alpha value is -2.06. The Labute approximate surface area is 155 Å². The molecule has 7 heteroatoms. The summed E-state index contributed by atoms with van der Waals surface area (Å²) in [4.78, 5) is 2.01. The minimum Gasteiger partial charge on any atom is -0.306 e. The monoisotopic (exact) mass is 377 g/mol. The fourth-order valence-electron chi connectivity index (χ4n) is 2.90. The van der Waals surface area contributed by atoms with Gasteiger partial charge in [-0.15, -0.1) is 0 Å². The van der Waals surface area contributed by atoms with Crippen LogP contribution in [0.5, 0.6) is 0 Å². The highest BCUT2D eigenvalue weighted by molar-refractivity contribution is 8.27. The van der Waals surface area contributed by atoms with Crippen LogP contribution >= 0.6 is 11.0 Å². The summed E-state index contributed by atoms with van der Waals surface area (Å²) < 4.78 is 39.3. The van der Waals surface area contributed by atoms with Crippen molar-refractivity contribution in [1.82, 2.24) is 4.90 Å². The van der Waals surface area contributed by atoms with E-state index >= 15 is 0 Å². The molecule has 3 rings (SSSR count). The number of aryl methyl sites for hydroxylation is 1. The van der Waals surface area contributed by atoms with Gasteiger partial charge in [-0.2, -0.15) is 0 Å². The molecule has 1 aliphatic rings. The number of fused-ring (bicyclic) bond motifs is 1. The Morgan fingerprint density at radius 2 is 1.73 bits per heavy atom. The van der Waals surface area contributed by atoms with Crippen LogP contribution in [-0.2, 0) is 0 Å². The summed E-state index contributed by atoms with van der Waals surface area (Å²) in [6.45, 7) is 2.87. The van der Waals surface area contributed by atoms with Crippen molar-refractivity contribution in [3.05, 3.63) is 66.0 Å². The minimum absolute atomic E-state index is 0.155. The van der Waals surface area contributed by atoms with Gasteiger partial charge in [-0.05, 0) is 61.8 Å². The van der Waals surface area contributed by atoms with Gasteiger partial charge in [0, 0.05) is 6.54 Å². The number of anilines is 3. The number of benzene rings is 2. The zero-order valence-corrected chi connectivity index (χ0v) is 15.9. The van der Waals surface area contributed by atoms with Crippen LogP contribution in [0.4, 0.5) is 21.5 Å². The standard InChI is InChI=1S/C19H24FN3O2S/c1-15-10-11-17(16(20)14-15)23-19-9-5-4-8-18(19)22(26(23,24)25)13-7-6-12-21(2)3/h4-11,14,24-25H,12-13H2,1-3H3/b7-6-. The summed E-state index contributed by atoms with van der Waals surface area (Å²) in [7, 11) is 0.512. The Morgan fingerprint density at radius 3 is 2.38 bits per heavy atom. The fourth-order valence-corrected chi connectivity index (χ4v) is 4.63. The third-order valence-corrected chi connectivity index (χ3v) is 5.96. The summed E-state index contributed by atoms with van der Waals surface area (Å²) in [5, 5.41) is 0. The Morgan fingerprint density at radius 1 is 1.04 bits per heavy atom. The van der Waals surface area contributed by atoms with E-state index in [2.05, 4.69) is 0 Å². The van der Waals surface area contributed by atoms with Crippen LogP contribution in [0.3, 0.4) is 0 Å². The van der Waals surface area contributed by atoms with Crippen LogP contribution in [0, 0.1) is 12.7 Å². The number of hydrogen-bond donors (Lipinski definition) is 2. The van der Waals surface area contributed by atoms with Gasteiger partial charge in [-0.25, -0.2) is 13.0 Å². The predicted octanol–water partition coefficient (Wildman–Crippen LogP) is 4.79. The average molecular weight is 377 g/mol. The quantitative estimate of drug-likeness (QED) is 0.734. The van der Waals surface area contributed by atoms with Crippen molar-refractivity contribution in [3.63, 3.8) is 0 Å². The molecule has 1 aliphatic heterocycles. The number of nitrogens with zero attached hydrogens (tertiary/aromatic N) is 3. The maximum absolute atomic E-state index is 14.6. The van der Waals surface area contributed by atoms with E-state index in [1.807, 2.05) is 43.3 Å². The first kappa shape index (κ1) is 18.7. The Kier molecular flexibility index (Phi) is 5.24. The highest BCUT2D eigenvalue weighted by atomic mass is 32.3. The van der Waals surface area contributed by atoms with E-state index in [-0.39, 0.29) is 5.69 Å². The fraction of sp³-hybridized carbons (Fsp3) is 0.263. The maximum Gasteiger partial charge on any atom is 0.148 e. The van der Waals surface area contributed by atoms with Crippen molar-refractivity contribution < 1.29 is 13.5 Å². The summed E-state index contributed by atoms with van der Waals surface area (Å²) >= 11 is 0. The van der Waals surface area contributed by atoms with E-state index in [0.29, 0.717) is 17.9 Å². The topological polar surface area (TPSA) is 50.2 Å². The van der Waals surface area contributed by atoms with Gasteiger partial charge in [-0.1, -0.05) is 30.4 Å². The first-order valence-corrected chi connectivity index (χ1v) is 9.79. The lowest BCUT2D eigenvalue weighted by Gasteiger charge is -2.43. The molecule has 0 saturated heterocycles. The van der Waals surface area contributed by atoms with Gasteiger partial charge in [0.15, 0.2) is 0 Å². The third kappa shape index (κ3) is 3.43. The summed E-state index contributed by atoms with van der Waals surface area (Å²) in [6.07, 6.45) is 3.85. The van der Waals surface area contributed by atoms with Crippen LogP contribution in [0.15, 0.2) is 54.6 Å². The molecule has 1 heterocycles. The molecule has 140 valence electrons. The number of para-hydroxylation sites is 2. The number of likely N-dealkylation sites (N-methyl/N-ethyl adjacent to an activating group) is 1. The lowest BCUT2D eigenvalue weighted by Crippen LogP contribution is -2.31. The highest BCUT2D eigenvalue weighted by Crippen LogP contribution is 2.64. The molecule has 0 spiro atoms. The van der Waals surface area contributed by atoms with E-state index in [0.717, 1.165) is 12.1 Å². The van der Waals surface area contributed by atoms with E-state index in [9.17, 15) is 13.5 Å². The Bertz CT molecular complexity index is 826. The SMILES string of the molecule is Cc1ccc(N2c3ccccc3N(C/C=C\CN(C)C)S2(O)O)c(F)c1. The lowest BCUT2D eigenvalue weighted by atomic mass is 10.2. The second-order valence-electron chi connectivity index (χ2n) is 6.52.